The van der Waals surface area contributed by atoms with Gasteiger partial charge in [0.2, 0.25) is 0 Å². The first kappa shape index (κ1) is 22.1. The number of aromatic nitrogens is 4. The molecule has 0 unspecified atom stereocenters. The zero-order chi connectivity index (χ0) is 23.5. The van der Waals surface area contributed by atoms with Gasteiger partial charge in [0, 0.05) is 36.3 Å². The van der Waals surface area contributed by atoms with E-state index in [1.807, 2.05) is 24.5 Å². The minimum absolute atomic E-state index is 0.156. The highest BCUT2D eigenvalue weighted by Crippen LogP contribution is 2.46. The van der Waals surface area contributed by atoms with Gasteiger partial charge >= 0.3 is 0 Å². The van der Waals surface area contributed by atoms with Crippen molar-refractivity contribution in [3.8, 4) is 23.0 Å². The smallest absolute Gasteiger partial charge is 0.138 e. The van der Waals surface area contributed by atoms with Gasteiger partial charge in [-0.2, -0.15) is 0 Å². The van der Waals surface area contributed by atoms with Crippen LogP contribution in [0.2, 0.25) is 0 Å². The van der Waals surface area contributed by atoms with Gasteiger partial charge in [0.25, 0.3) is 0 Å². The molecule has 3 N–H and O–H groups in total. The molecule has 1 fully saturated rings. The Balaban J connectivity index is 1.24. The molecular formula is C28H28N4O2. The maximum atomic E-state index is 9.86. The number of rotatable bonds is 6. The van der Waals surface area contributed by atoms with Gasteiger partial charge < -0.3 is 19.8 Å². The Bertz CT molecular complexity index is 1270. The van der Waals surface area contributed by atoms with E-state index >= 15 is 0 Å². The van der Waals surface area contributed by atoms with E-state index in [9.17, 15) is 10.2 Å². The Kier molecular flexibility index (Phi) is 6.31. The molecule has 5 rings (SSSR count). The van der Waals surface area contributed by atoms with Gasteiger partial charge in [0.05, 0.1) is 6.61 Å². The summed E-state index contributed by atoms with van der Waals surface area (Å²) >= 11 is 0. The number of imidazole rings is 2. The van der Waals surface area contributed by atoms with E-state index in [1.165, 1.54) is 11.1 Å². The Morgan fingerprint density at radius 2 is 1.71 bits per heavy atom. The van der Waals surface area contributed by atoms with Crippen LogP contribution in [0.15, 0.2) is 73.3 Å². The van der Waals surface area contributed by atoms with Crippen LogP contribution in [-0.2, 0) is 0 Å². The molecule has 1 aliphatic carbocycles. The normalized spacial score (nSPS) is 19.0. The van der Waals surface area contributed by atoms with Gasteiger partial charge in [-0.15, -0.1) is 0 Å². The summed E-state index contributed by atoms with van der Waals surface area (Å²) in [5, 5.41) is 19.6. The van der Waals surface area contributed by atoms with E-state index < -0.39 is 12.1 Å². The highest BCUT2D eigenvalue weighted by Gasteiger charge is 2.32. The zero-order valence-electron chi connectivity index (χ0n) is 19.1. The molecule has 0 spiro atoms. The molecule has 34 heavy (non-hydrogen) atoms. The summed E-state index contributed by atoms with van der Waals surface area (Å²) in [6.07, 6.45) is 8.62. The summed E-state index contributed by atoms with van der Waals surface area (Å²) in [7, 11) is 0. The standard InChI is InChI=1S/C28H28N4O2/c1-19(34)28-31-14-15-32(28)26(18-33)11-4-20-2-5-21(6-3-20)22-7-9-23(10-8-22)24-16-25(17-24)27-29-12-13-30-27/h2-3,5-10,12-15,19,24-26,33-34H,16-18H2,1H3,(H,29,30)/t19-,24?,25?,26-/m0/s1. The summed E-state index contributed by atoms with van der Waals surface area (Å²) in [4.78, 5) is 11.8. The molecule has 1 aliphatic rings. The first-order valence-electron chi connectivity index (χ1n) is 11.6. The number of H-pyrrole nitrogens is 1. The summed E-state index contributed by atoms with van der Waals surface area (Å²) in [5.74, 6) is 8.98. The second kappa shape index (κ2) is 9.68. The first-order chi connectivity index (χ1) is 16.6. The lowest BCUT2D eigenvalue weighted by Gasteiger charge is -2.34. The number of aliphatic hydroxyl groups is 2. The van der Waals surface area contributed by atoms with Crippen LogP contribution in [0.1, 0.15) is 66.5 Å². The molecule has 2 aromatic carbocycles. The van der Waals surface area contributed by atoms with Crippen molar-refractivity contribution in [2.45, 2.75) is 43.7 Å². The second-order valence-electron chi connectivity index (χ2n) is 8.88. The molecule has 0 amide bonds. The quantitative estimate of drug-likeness (QED) is 0.374. The van der Waals surface area contributed by atoms with E-state index in [2.05, 4.69) is 63.2 Å². The Morgan fingerprint density at radius 3 is 2.32 bits per heavy atom. The molecule has 1 saturated carbocycles. The fourth-order valence-corrected chi connectivity index (χ4v) is 4.59. The number of aliphatic hydroxyl groups excluding tert-OH is 2. The third kappa shape index (κ3) is 4.54. The number of hydrogen-bond donors (Lipinski definition) is 3. The minimum Gasteiger partial charge on any atom is -0.393 e. The van der Waals surface area contributed by atoms with Gasteiger partial charge in [-0.05, 0) is 54.5 Å². The third-order valence-corrected chi connectivity index (χ3v) is 6.61. The first-order valence-corrected chi connectivity index (χ1v) is 11.6. The Morgan fingerprint density at radius 1 is 1.00 bits per heavy atom. The monoisotopic (exact) mass is 452 g/mol. The van der Waals surface area contributed by atoms with E-state index in [0.29, 0.717) is 17.7 Å². The van der Waals surface area contributed by atoms with Gasteiger partial charge in [-0.3, -0.25) is 0 Å². The largest absolute Gasteiger partial charge is 0.393 e. The molecular weight excluding hydrogens is 424 g/mol. The average Bonchev–Trinajstić information content (AvgIpc) is 3.52. The summed E-state index contributed by atoms with van der Waals surface area (Å²) in [5.41, 5.74) is 4.58. The number of benzene rings is 2. The SMILES string of the molecule is C[C@H](O)c1nccn1[C@@H](C#Cc1ccc(-c2ccc(C3CC(c4ncc[nH]4)C3)cc2)cc1)CO. The van der Waals surface area contributed by atoms with Crippen molar-refractivity contribution in [3.63, 3.8) is 0 Å². The molecule has 0 radical (unpaired) electrons. The topological polar surface area (TPSA) is 87.0 Å². The van der Waals surface area contributed by atoms with Crippen LogP contribution < -0.4 is 0 Å². The van der Waals surface area contributed by atoms with Crippen molar-refractivity contribution >= 4 is 0 Å². The lowest BCUT2D eigenvalue weighted by atomic mass is 9.71. The molecule has 2 aromatic heterocycles. The molecule has 2 atom stereocenters. The fraction of sp³-hybridized carbons (Fsp3) is 0.286. The summed E-state index contributed by atoms with van der Waals surface area (Å²) in [6.45, 7) is 1.49. The van der Waals surface area contributed by atoms with Crippen molar-refractivity contribution in [1.82, 2.24) is 19.5 Å². The van der Waals surface area contributed by atoms with Gasteiger partial charge in [0.15, 0.2) is 0 Å². The Labute approximate surface area is 199 Å². The van der Waals surface area contributed by atoms with Crippen LogP contribution in [0, 0.1) is 11.8 Å². The van der Waals surface area contributed by atoms with Crippen molar-refractivity contribution in [2.75, 3.05) is 6.61 Å². The Hall–Kier alpha value is -3.66. The molecule has 6 heteroatoms. The second-order valence-corrected chi connectivity index (χ2v) is 8.88. The number of aromatic amines is 1. The van der Waals surface area contributed by atoms with Gasteiger partial charge in [0.1, 0.15) is 23.8 Å². The molecule has 0 aliphatic heterocycles. The predicted octanol–water partition coefficient (Wildman–Crippen LogP) is 4.57. The van der Waals surface area contributed by atoms with Crippen molar-refractivity contribution < 1.29 is 10.2 Å². The summed E-state index contributed by atoms with van der Waals surface area (Å²) < 4.78 is 1.71. The van der Waals surface area contributed by atoms with Gasteiger partial charge in [-0.1, -0.05) is 48.2 Å². The molecule has 0 saturated heterocycles. The van der Waals surface area contributed by atoms with Crippen LogP contribution in [0.5, 0.6) is 0 Å². The maximum Gasteiger partial charge on any atom is 0.138 e. The molecule has 172 valence electrons. The van der Waals surface area contributed by atoms with E-state index in [0.717, 1.165) is 29.8 Å². The van der Waals surface area contributed by atoms with Crippen molar-refractivity contribution in [2.24, 2.45) is 0 Å². The maximum absolute atomic E-state index is 9.86. The predicted molar refractivity (Wildman–Crippen MR) is 131 cm³/mol. The average molecular weight is 453 g/mol. The van der Waals surface area contributed by atoms with Gasteiger partial charge in [-0.25, -0.2) is 9.97 Å². The summed E-state index contributed by atoms with van der Waals surface area (Å²) in [6, 6.07) is 16.5. The fourth-order valence-electron chi connectivity index (χ4n) is 4.59. The lowest BCUT2D eigenvalue weighted by Crippen LogP contribution is -2.21. The van der Waals surface area contributed by atoms with Crippen molar-refractivity contribution in [3.05, 3.63) is 96.1 Å². The highest BCUT2D eigenvalue weighted by atomic mass is 16.3. The van der Waals surface area contributed by atoms with Crippen LogP contribution in [0.3, 0.4) is 0 Å². The van der Waals surface area contributed by atoms with Crippen LogP contribution in [-0.4, -0.2) is 36.3 Å². The number of hydrogen-bond acceptors (Lipinski definition) is 4. The highest BCUT2D eigenvalue weighted by molar-refractivity contribution is 5.64. The molecule has 6 nitrogen and oxygen atoms in total. The molecule has 2 heterocycles. The van der Waals surface area contributed by atoms with Crippen LogP contribution >= 0.6 is 0 Å². The van der Waals surface area contributed by atoms with Crippen LogP contribution in [0.25, 0.3) is 11.1 Å². The van der Waals surface area contributed by atoms with Crippen molar-refractivity contribution in [1.29, 1.82) is 0 Å². The third-order valence-electron chi connectivity index (χ3n) is 6.61. The number of nitrogens with one attached hydrogen (secondary N) is 1. The van der Waals surface area contributed by atoms with E-state index in [4.69, 9.17) is 0 Å². The molecule has 0 bridgehead atoms. The van der Waals surface area contributed by atoms with Crippen LogP contribution in [0.4, 0.5) is 0 Å². The minimum atomic E-state index is -0.724. The number of nitrogens with zero attached hydrogens (tertiary/aromatic N) is 3. The van der Waals surface area contributed by atoms with E-state index in [1.54, 1.807) is 23.9 Å². The zero-order valence-corrected chi connectivity index (χ0v) is 19.1. The lowest BCUT2D eigenvalue weighted by molar-refractivity contribution is 0.176. The van der Waals surface area contributed by atoms with E-state index in [-0.39, 0.29) is 6.61 Å². The molecule has 4 aromatic rings.